The molecule has 0 bridgehead atoms. The van der Waals surface area contributed by atoms with Crippen molar-refractivity contribution in [3.8, 4) is 0 Å². The van der Waals surface area contributed by atoms with Gasteiger partial charge in [0.2, 0.25) is 0 Å². The number of amides is 2. The van der Waals surface area contributed by atoms with Gasteiger partial charge >= 0.3 is 6.09 Å². The van der Waals surface area contributed by atoms with E-state index in [4.69, 9.17) is 4.74 Å². The molecular formula is C16H21N3O4. The topological polar surface area (TPSA) is 83.0 Å². The van der Waals surface area contributed by atoms with Crippen LogP contribution in [-0.4, -0.2) is 64.7 Å². The summed E-state index contributed by atoms with van der Waals surface area (Å²) in [5, 5.41) is 9.77. The number of likely N-dealkylation sites (tertiary alicyclic amines) is 1. The molecule has 0 spiro atoms. The number of hydrogen-bond acceptors (Lipinski definition) is 5. The first-order chi connectivity index (χ1) is 11.1. The van der Waals surface area contributed by atoms with E-state index in [0.717, 1.165) is 24.0 Å². The van der Waals surface area contributed by atoms with Crippen molar-refractivity contribution in [2.45, 2.75) is 31.9 Å². The van der Waals surface area contributed by atoms with E-state index in [-0.39, 0.29) is 12.0 Å². The number of aromatic nitrogens is 1. The van der Waals surface area contributed by atoms with E-state index < -0.39 is 6.10 Å². The molecule has 7 nitrogen and oxygen atoms in total. The zero-order valence-corrected chi connectivity index (χ0v) is 13.2. The van der Waals surface area contributed by atoms with Crippen molar-refractivity contribution in [3.63, 3.8) is 0 Å². The maximum Gasteiger partial charge on any atom is 0.409 e. The average Bonchev–Trinajstić information content (AvgIpc) is 2.59. The van der Waals surface area contributed by atoms with Gasteiger partial charge in [0, 0.05) is 32.0 Å². The minimum atomic E-state index is -0.449. The Hall–Kier alpha value is -2.15. The molecule has 0 radical (unpaired) electrons. The van der Waals surface area contributed by atoms with Crippen LogP contribution in [0.5, 0.6) is 0 Å². The van der Waals surface area contributed by atoms with Gasteiger partial charge in [-0.15, -0.1) is 0 Å². The highest BCUT2D eigenvalue weighted by atomic mass is 16.5. The number of rotatable bonds is 1. The third-order valence-corrected chi connectivity index (χ3v) is 4.49. The highest BCUT2D eigenvalue weighted by molar-refractivity contribution is 5.96. The maximum atomic E-state index is 12.8. The SMILES string of the molecule is COC(=O)N1CCc2c(cncc2C(=O)N2CCCC(O)C2)C1. The normalized spacial score (nSPS) is 20.9. The van der Waals surface area contributed by atoms with Crippen LogP contribution in [-0.2, 0) is 17.7 Å². The van der Waals surface area contributed by atoms with E-state index in [1.54, 1.807) is 22.2 Å². The molecule has 3 heterocycles. The molecule has 1 N–H and O–H groups in total. The van der Waals surface area contributed by atoms with E-state index in [2.05, 4.69) is 4.98 Å². The standard InChI is InChI=1S/C16H21N3O4/c1-23-16(22)19-6-4-13-11(9-19)7-17-8-14(13)15(21)18-5-2-3-12(20)10-18/h7-8,12,20H,2-6,9-10H2,1H3. The van der Waals surface area contributed by atoms with E-state index in [1.165, 1.54) is 7.11 Å². The fourth-order valence-electron chi connectivity index (χ4n) is 3.27. The second kappa shape index (κ2) is 6.54. The molecule has 1 aromatic rings. The predicted octanol–water partition coefficient (Wildman–Crippen LogP) is 0.803. The first-order valence-electron chi connectivity index (χ1n) is 7.86. The van der Waals surface area contributed by atoms with Gasteiger partial charge in [0.05, 0.1) is 25.3 Å². The second-order valence-electron chi connectivity index (χ2n) is 6.01. The van der Waals surface area contributed by atoms with Crippen LogP contribution >= 0.6 is 0 Å². The van der Waals surface area contributed by atoms with Gasteiger partial charge in [-0.2, -0.15) is 0 Å². The first kappa shape index (κ1) is 15.7. The summed E-state index contributed by atoms with van der Waals surface area (Å²) < 4.78 is 4.75. The summed E-state index contributed by atoms with van der Waals surface area (Å²) in [6, 6.07) is 0. The van der Waals surface area contributed by atoms with Gasteiger partial charge in [-0.25, -0.2) is 4.79 Å². The van der Waals surface area contributed by atoms with E-state index in [9.17, 15) is 14.7 Å². The molecule has 1 aromatic heterocycles. The summed E-state index contributed by atoms with van der Waals surface area (Å²) in [7, 11) is 1.36. The van der Waals surface area contributed by atoms with Crippen LogP contribution in [0.3, 0.4) is 0 Å². The molecule has 2 amide bonds. The Balaban J connectivity index is 1.82. The van der Waals surface area contributed by atoms with Gasteiger partial charge in [0.1, 0.15) is 0 Å². The van der Waals surface area contributed by atoms with Gasteiger partial charge in [-0.1, -0.05) is 0 Å². The molecule has 0 aromatic carbocycles. The van der Waals surface area contributed by atoms with Crippen LogP contribution in [0.1, 0.15) is 34.3 Å². The highest BCUT2D eigenvalue weighted by Gasteiger charge is 2.29. The molecule has 1 fully saturated rings. The second-order valence-corrected chi connectivity index (χ2v) is 6.01. The van der Waals surface area contributed by atoms with Gasteiger partial charge in [-0.3, -0.25) is 9.78 Å². The van der Waals surface area contributed by atoms with Gasteiger partial charge in [0.25, 0.3) is 5.91 Å². The zero-order chi connectivity index (χ0) is 16.4. The van der Waals surface area contributed by atoms with Gasteiger partial charge < -0.3 is 19.6 Å². The van der Waals surface area contributed by atoms with Crippen LogP contribution in [0.4, 0.5) is 4.79 Å². The van der Waals surface area contributed by atoms with Crippen molar-refractivity contribution in [3.05, 3.63) is 29.1 Å². The van der Waals surface area contributed by atoms with Crippen molar-refractivity contribution in [2.24, 2.45) is 0 Å². The molecule has 23 heavy (non-hydrogen) atoms. The van der Waals surface area contributed by atoms with Crippen molar-refractivity contribution < 1.29 is 19.4 Å². The van der Waals surface area contributed by atoms with Crippen LogP contribution in [0.15, 0.2) is 12.4 Å². The maximum absolute atomic E-state index is 12.8. The lowest BCUT2D eigenvalue weighted by molar-refractivity contribution is 0.0471. The summed E-state index contributed by atoms with van der Waals surface area (Å²) >= 11 is 0. The van der Waals surface area contributed by atoms with Crippen molar-refractivity contribution in [2.75, 3.05) is 26.7 Å². The third-order valence-electron chi connectivity index (χ3n) is 4.49. The van der Waals surface area contributed by atoms with Gasteiger partial charge in [-0.05, 0) is 30.4 Å². The average molecular weight is 319 g/mol. The highest BCUT2D eigenvalue weighted by Crippen LogP contribution is 2.24. The number of pyridine rings is 1. The molecule has 1 saturated heterocycles. The lowest BCUT2D eigenvalue weighted by atomic mass is 9.96. The smallest absolute Gasteiger partial charge is 0.409 e. The minimum Gasteiger partial charge on any atom is -0.453 e. The fraction of sp³-hybridized carbons (Fsp3) is 0.562. The Bertz CT molecular complexity index is 619. The number of β-amino-alcohol motifs (C(OH)–C–C–N with tert-alkyl or cyclic N) is 1. The summed E-state index contributed by atoms with van der Waals surface area (Å²) in [4.78, 5) is 31.9. The molecule has 3 rings (SSSR count). The molecule has 1 unspecified atom stereocenters. The first-order valence-corrected chi connectivity index (χ1v) is 7.86. The Labute approximate surface area is 134 Å². The Morgan fingerprint density at radius 3 is 2.87 bits per heavy atom. The lowest BCUT2D eigenvalue weighted by Gasteiger charge is -2.32. The Morgan fingerprint density at radius 2 is 2.13 bits per heavy atom. The van der Waals surface area contributed by atoms with Crippen molar-refractivity contribution >= 4 is 12.0 Å². The van der Waals surface area contributed by atoms with Crippen LogP contribution in [0.25, 0.3) is 0 Å². The van der Waals surface area contributed by atoms with Crippen LogP contribution < -0.4 is 0 Å². The molecule has 2 aliphatic rings. The van der Waals surface area contributed by atoms with Gasteiger partial charge in [0.15, 0.2) is 0 Å². The predicted molar refractivity (Wildman–Crippen MR) is 81.9 cm³/mol. The number of hydrogen-bond donors (Lipinski definition) is 1. The number of carbonyl (C=O) groups excluding carboxylic acids is 2. The number of aliphatic hydroxyl groups excluding tert-OH is 1. The molecule has 2 aliphatic heterocycles. The van der Waals surface area contributed by atoms with E-state index >= 15 is 0 Å². The molecule has 124 valence electrons. The summed E-state index contributed by atoms with van der Waals surface area (Å²) in [6.07, 6.45) is 4.63. The molecular weight excluding hydrogens is 298 g/mol. The van der Waals surface area contributed by atoms with E-state index in [0.29, 0.717) is 38.2 Å². The number of carbonyl (C=O) groups is 2. The minimum absolute atomic E-state index is 0.0837. The molecule has 0 aliphatic carbocycles. The van der Waals surface area contributed by atoms with Crippen LogP contribution in [0.2, 0.25) is 0 Å². The van der Waals surface area contributed by atoms with Crippen molar-refractivity contribution in [1.82, 2.24) is 14.8 Å². The third kappa shape index (κ3) is 3.14. The monoisotopic (exact) mass is 319 g/mol. The van der Waals surface area contributed by atoms with Crippen LogP contribution in [0, 0.1) is 0 Å². The largest absolute Gasteiger partial charge is 0.453 e. The van der Waals surface area contributed by atoms with Crippen molar-refractivity contribution in [1.29, 1.82) is 0 Å². The number of fused-ring (bicyclic) bond motifs is 1. The summed E-state index contributed by atoms with van der Waals surface area (Å²) in [5.74, 6) is -0.0837. The Morgan fingerprint density at radius 1 is 1.30 bits per heavy atom. The summed E-state index contributed by atoms with van der Waals surface area (Å²) in [5.41, 5.74) is 2.41. The zero-order valence-electron chi connectivity index (χ0n) is 13.2. The number of piperidine rings is 1. The number of aliphatic hydroxyl groups is 1. The van der Waals surface area contributed by atoms with E-state index in [1.807, 2.05) is 0 Å². The number of ether oxygens (including phenoxy) is 1. The number of methoxy groups -OCH3 is 1. The molecule has 7 heteroatoms. The number of nitrogens with zero attached hydrogens (tertiary/aromatic N) is 3. The molecule has 1 atom stereocenters. The Kier molecular flexibility index (Phi) is 4.47. The fourth-order valence-corrected chi connectivity index (χ4v) is 3.27. The summed E-state index contributed by atoms with van der Waals surface area (Å²) in [6.45, 7) is 1.95. The quantitative estimate of drug-likeness (QED) is 0.828. The lowest BCUT2D eigenvalue weighted by Crippen LogP contribution is -2.43. The molecule has 0 saturated carbocycles.